The number of pyridine rings is 1. The molecule has 0 aliphatic heterocycles. The number of aliphatic hydroxyl groups excluding tert-OH is 1. The van der Waals surface area contributed by atoms with Crippen LogP contribution in [0.15, 0.2) is 24.5 Å². The molecule has 0 atom stereocenters. The van der Waals surface area contributed by atoms with Crippen LogP contribution in [0.5, 0.6) is 5.75 Å². The fourth-order valence-corrected chi connectivity index (χ4v) is 0.763. The van der Waals surface area contributed by atoms with Crippen molar-refractivity contribution in [2.24, 2.45) is 0 Å². The molecule has 0 aliphatic carbocycles. The summed E-state index contributed by atoms with van der Waals surface area (Å²) in [6, 6.07) is 3.32. The number of hydrogen-bond acceptors (Lipinski definition) is 2. The smallest absolute Gasteiger partial charge is 0.211 e. The number of aromatic nitrogens is 1. The summed E-state index contributed by atoms with van der Waals surface area (Å²) in [5.41, 5.74) is 0. The van der Waals surface area contributed by atoms with E-state index in [1.807, 2.05) is 0 Å². The summed E-state index contributed by atoms with van der Waals surface area (Å²) in [4.78, 5) is 0. The van der Waals surface area contributed by atoms with Crippen molar-refractivity contribution >= 4 is 0 Å². The van der Waals surface area contributed by atoms with Crippen molar-refractivity contribution in [3.8, 4) is 5.75 Å². The Hall–Kier alpha value is -0.610. The van der Waals surface area contributed by atoms with Gasteiger partial charge in [-0.2, -0.15) is 4.57 Å². The molecule has 0 bridgehead atoms. The number of aromatic hydroxyl groups is 1. The Morgan fingerprint density at radius 1 is 1.45 bits per heavy atom. The maximum absolute atomic E-state index is 8.94. The van der Waals surface area contributed by atoms with Gasteiger partial charge in [0.05, 0.1) is 0 Å². The van der Waals surface area contributed by atoms with Crippen LogP contribution in [-0.4, -0.2) is 16.8 Å². The molecule has 62 valence electrons. The zero-order chi connectivity index (χ0) is 7.40. The summed E-state index contributed by atoms with van der Waals surface area (Å²) in [6.07, 6.45) is 3.35. The van der Waals surface area contributed by atoms with Gasteiger partial charge in [-0.1, -0.05) is 0 Å². The Kier molecular flexibility index (Phi) is 4.81. The highest BCUT2D eigenvalue weighted by Gasteiger charge is 1.97. The molecule has 0 saturated heterocycles. The number of nitrogens with zero attached hydrogens (tertiary/aromatic N) is 1. The van der Waals surface area contributed by atoms with E-state index in [1.165, 1.54) is 0 Å². The predicted molar refractivity (Wildman–Crippen MR) is 35.4 cm³/mol. The monoisotopic (exact) mass is 219 g/mol. The molecule has 1 aromatic rings. The lowest BCUT2D eigenvalue weighted by atomic mass is 10.4. The quantitative estimate of drug-likeness (QED) is 0.512. The second-order valence-electron chi connectivity index (χ2n) is 2.02. The number of rotatable bonds is 2. The molecule has 1 rings (SSSR count). The minimum absolute atomic E-state index is 0. The van der Waals surface area contributed by atoms with Gasteiger partial charge < -0.3 is 27.2 Å². The van der Waals surface area contributed by atoms with E-state index in [1.54, 1.807) is 29.1 Å². The number of aliphatic hydroxyl groups is 1. The van der Waals surface area contributed by atoms with E-state index in [0.717, 1.165) is 0 Å². The van der Waals surface area contributed by atoms with Crippen molar-refractivity contribution in [3.05, 3.63) is 24.5 Å². The lowest BCUT2D eigenvalue weighted by Gasteiger charge is -1.91. The highest BCUT2D eigenvalue weighted by atomic mass is 79.9. The van der Waals surface area contributed by atoms with E-state index in [2.05, 4.69) is 0 Å². The van der Waals surface area contributed by atoms with E-state index in [0.29, 0.717) is 6.54 Å². The average Bonchev–Trinajstić information content (AvgIpc) is 1.88. The van der Waals surface area contributed by atoms with Gasteiger partial charge >= 0.3 is 0 Å². The van der Waals surface area contributed by atoms with Crippen LogP contribution in [0.2, 0.25) is 0 Å². The van der Waals surface area contributed by atoms with Gasteiger partial charge in [0.15, 0.2) is 18.5 Å². The summed E-state index contributed by atoms with van der Waals surface area (Å²) in [7, 11) is 0. The van der Waals surface area contributed by atoms with Crippen LogP contribution in [-0.2, 0) is 6.54 Å². The maximum atomic E-state index is 8.94. The van der Waals surface area contributed by atoms with Crippen molar-refractivity contribution < 1.29 is 31.8 Å². The molecule has 0 unspecified atom stereocenters. The third kappa shape index (κ3) is 3.34. The van der Waals surface area contributed by atoms with Gasteiger partial charge in [0.1, 0.15) is 6.61 Å². The molecule has 0 aliphatic rings. The molecule has 0 spiro atoms. The van der Waals surface area contributed by atoms with Crippen LogP contribution in [0, 0.1) is 0 Å². The molecule has 11 heavy (non-hydrogen) atoms. The average molecular weight is 220 g/mol. The Morgan fingerprint density at radius 3 is 2.73 bits per heavy atom. The standard InChI is InChI=1S/C7H9NO2.BrH/c9-5-4-8-3-1-2-7(10)6-8;/h1-3,6,9H,4-5H2;1H. The molecular formula is C7H10BrNO2. The largest absolute Gasteiger partial charge is 1.00 e. The molecule has 1 heterocycles. The first kappa shape index (κ1) is 10.4. The lowest BCUT2D eigenvalue weighted by molar-refractivity contribution is -0.698. The summed E-state index contributed by atoms with van der Waals surface area (Å²) >= 11 is 0. The van der Waals surface area contributed by atoms with Crippen LogP contribution < -0.4 is 21.5 Å². The Bertz CT molecular complexity index is 217. The van der Waals surface area contributed by atoms with Gasteiger partial charge in [-0.3, -0.25) is 0 Å². The van der Waals surface area contributed by atoms with E-state index in [9.17, 15) is 0 Å². The number of hydrogen-bond donors (Lipinski definition) is 2. The summed E-state index contributed by atoms with van der Waals surface area (Å²) in [5, 5.41) is 17.4. The van der Waals surface area contributed by atoms with Crippen LogP contribution in [0.1, 0.15) is 0 Å². The van der Waals surface area contributed by atoms with Gasteiger partial charge in [0.25, 0.3) is 0 Å². The summed E-state index contributed by atoms with van der Waals surface area (Å²) < 4.78 is 1.72. The molecule has 0 amide bonds. The van der Waals surface area contributed by atoms with E-state index >= 15 is 0 Å². The first-order valence-corrected chi connectivity index (χ1v) is 3.12. The molecule has 0 radical (unpaired) electrons. The van der Waals surface area contributed by atoms with Crippen molar-refractivity contribution in [1.29, 1.82) is 0 Å². The third-order valence-corrected chi connectivity index (χ3v) is 1.20. The Labute approximate surface area is 75.7 Å². The normalized spacial score (nSPS) is 8.82. The van der Waals surface area contributed by atoms with E-state index in [4.69, 9.17) is 10.2 Å². The molecule has 0 aromatic carbocycles. The van der Waals surface area contributed by atoms with Gasteiger partial charge in [-0.15, -0.1) is 0 Å². The fourth-order valence-electron chi connectivity index (χ4n) is 0.763. The highest BCUT2D eigenvalue weighted by Crippen LogP contribution is 1.99. The Balaban J connectivity index is 0.000001000. The van der Waals surface area contributed by atoms with E-state index < -0.39 is 0 Å². The fraction of sp³-hybridized carbons (Fsp3) is 0.286. The number of halogens is 1. The first-order valence-electron chi connectivity index (χ1n) is 3.12. The van der Waals surface area contributed by atoms with Gasteiger partial charge in [-0.05, 0) is 6.07 Å². The zero-order valence-electron chi connectivity index (χ0n) is 5.94. The second-order valence-corrected chi connectivity index (χ2v) is 2.02. The molecule has 3 nitrogen and oxygen atoms in total. The van der Waals surface area contributed by atoms with Crippen molar-refractivity contribution in [2.75, 3.05) is 6.61 Å². The molecule has 0 saturated carbocycles. The topological polar surface area (TPSA) is 44.3 Å². The molecule has 1 aromatic heterocycles. The van der Waals surface area contributed by atoms with Gasteiger partial charge in [0.2, 0.25) is 6.20 Å². The molecule has 2 N–H and O–H groups in total. The van der Waals surface area contributed by atoms with Crippen molar-refractivity contribution in [3.63, 3.8) is 0 Å². The van der Waals surface area contributed by atoms with Crippen LogP contribution in [0.4, 0.5) is 0 Å². The van der Waals surface area contributed by atoms with Crippen molar-refractivity contribution in [1.82, 2.24) is 0 Å². The predicted octanol–water partition coefficient (Wildman–Crippen LogP) is -3.32. The second kappa shape index (κ2) is 5.09. The minimum atomic E-state index is 0. The van der Waals surface area contributed by atoms with Crippen LogP contribution >= 0.6 is 0 Å². The van der Waals surface area contributed by atoms with Gasteiger partial charge in [0, 0.05) is 6.07 Å². The van der Waals surface area contributed by atoms with Crippen LogP contribution in [0.25, 0.3) is 0 Å². The maximum Gasteiger partial charge on any atom is 0.211 e. The molecule has 0 fully saturated rings. The zero-order valence-corrected chi connectivity index (χ0v) is 7.53. The molecule has 4 heteroatoms. The summed E-state index contributed by atoms with van der Waals surface area (Å²) in [6.45, 7) is 0.614. The van der Waals surface area contributed by atoms with Crippen molar-refractivity contribution in [2.45, 2.75) is 6.54 Å². The minimum Gasteiger partial charge on any atom is -1.00 e. The van der Waals surface area contributed by atoms with E-state index in [-0.39, 0.29) is 29.3 Å². The summed E-state index contributed by atoms with van der Waals surface area (Å²) in [5.74, 6) is 0.218. The third-order valence-electron chi connectivity index (χ3n) is 1.20. The van der Waals surface area contributed by atoms with Crippen LogP contribution in [0.3, 0.4) is 0 Å². The molecular weight excluding hydrogens is 210 g/mol. The highest BCUT2D eigenvalue weighted by molar-refractivity contribution is 5.09. The SMILES string of the molecule is OCC[n+]1cccc(O)c1.[Br-]. The van der Waals surface area contributed by atoms with Gasteiger partial charge in [-0.25, -0.2) is 0 Å². The first-order chi connectivity index (χ1) is 4.83. The lowest BCUT2D eigenvalue weighted by Crippen LogP contribution is -3.00. The Morgan fingerprint density at radius 2 is 2.18 bits per heavy atom.